The van der Waals surface area contributed by atoms with Crippen LogP contribution in [0, 0.1) is 6.92 Å². The molecule has 2 heterocycles. The first-order valence-corrected chi connectivity index (χ1v) is 6.73. The molecule has 0 saturated heterocycles. The van der Waals surface area contributed by atoms with Gasteiger partial charge in [-0.1, -0.05) is 5.21 Å². The molecule has 0 aliphatic rings. The van der Waals surface area contributed by atoms with Gasteiger partial charge in [-0.25, -0.2) is 4.98 Å². The summed E-state index contributed by atoms with van der Waals surface area (Å²) in [5, 5.41) is 7.99. The van der Waals surface area contributed by atoms with Crippen LogP contribution in [-0.2, 0) is 19.6 Å². The summed E-state index contributed by atoms with van der Waals surface area (Å²) in [4.78, 5) is 7.83. The van der Waals surface area contributed by atoms with Crippen molar-refractivity contribution in [2.24, 2.45) is 5.73 Å². The van der Waals surface area contributed by atoms with E-state index in [4.69, 9.17) is 5.73 Å². The topological polar surface area (TPSA) is 72.9 Å². The van der Waals surface area contributed by atoms with Crippen molar-refractivity contribution in [2.75, 3.05) is 13.6 Å². The minimum atomic E-state index is 0.440. The summed E-state index contributed by atoms with van der Waals surface area (Å²) >= 11 is 1.70. The lowest BCUT2D eigenvalue weighted by Gasteiger charge is -2.15. The fourth-order valence-electron chi connectivity index (χ4n) is 1.62. The van der Waals surface area contributed by atoms with Gasteiger partial charge in [0.25, 0.3) is 0 Å². The third-order valence-corrected chi connectivity index (χ3v) is 3.68. The Kier molecular flexibility index (Phi) is 4.40. The van der Waals surface area contributed by atoms with E-state index in [1.165, 1.54) is 4.88 Å². The van der Waals surface area contributed by atoms with Crippen molar-refractivity contribution in [3.05, 3.63) is 28.0 Å². The predicted molar refractivity (Wildman–Crippen MR) is 71.1 cm³/mol. The smallest absolute Gasteiger partial charge is 0.0962 e. The number of hydrogen-bond acceptors (Lipinski definition) is 6. The van der Waals surface area contributed by atoms with Gasteiger partial charge in [0.1, 0.15) is 0 Å². The van der Waals surface area contributed by atoms with E-state index in [-0.39, 0.29) is 0 Å². The highest BCUT2D eigenvalue weighted by Gasteiger charge is 2.06. The van der Waals surface area contributed by atoms with Crippen LogP contribution in [0.15, 0.2) is 11.7 Å². The Balaban J connectivity index is 1.81. The molecule has 18 heavy (non-hydrogen) atoms. The van der Waals surface area contributed by atoms with Gasteiger partial charge in [0.05, 0.1) is 23.4 Å². The largest absolute Gasteiger partial charge is 0.325 e. The molecule has 0 atom stereocenters. The molecule has 2 aromatic heterocycles. The molecule has 0 radical (unpaired) electrons. The lowest BCUT2D eigenvalue weighted by molar-refractivity contribution is 0.305. The zero-order valence-electron chi connectivity index (χ0n) is 10.7. The average Bonchev–Trinajstić information content (AvgIpc) is 2.97. The number of aromatic nitrogens is 4. The molecule has 0 aliphatic heterocycles. The van der Waals surface area contributed by atoms with Gasteiger partial charge in [-0.15, -0.1) is 16.4 Å². The minimum Gasteiger partial charge on any atom is -0.325 e. The van der Waals surface area contributed by atoms with E-state index in [0.717, 1.165) is 31.0 Å². The summed E-state index contributed by atoms with van der Waals surface area (Å²) < 4.78 is 1.83. The van der Waals surface area contributed by atoms with Crippen LogP contribution in [0.1, 0.15) is 16.3 Å². The second-order valence-corrected chi connectivity index (χ2v) is 5.22. The molecule has 2 rings (SSSR count). The van der Waals surface area contributed by atoms with Crippen LogP contribution in [0.25, 0.3) is 0 Å². The number of hydrogen-bond donors (Lipinski definition) is 1. The third kappa shape index (κ3) is 3.34. The fourth-order valence-corrected chi connectivity index (χ4v) is 2.47. The van der Waals surface area contributed by atoms with Gasteiger partial charge in [-0.2, -0.15) is 0 Å². The van der Waals surface area contributed by atoms with Crippen LogP contribution in [0.5, 0.6) is 0 Å². The molecule has 2 aromatic rings. The van der Waals surface area contributed by atoms with E-state index in [1.54, 1.807) is 11.3 Å². The maximum Gasteiger partial charge on any atom is 0.0962 e. The number of nitrogens with zero attached hydrogens (tertiary/aromatic N) is 5. The second kappa shape index (κ2) is 6.03. The molecule has 0 bridgehead atoms. The summed E-state index contributed by atoms with van der Waals surface area (Å²) in [6.45, 7) is 5.15. The van der Waals surface area contributed by atoms with Crippen LogP contribution in [0.3, 0.4) is 0 Å². The lowest BCUT2D eigenvalue weighted by Crippen LogP contribution is -2.23. The van der Waals surface area contributed by atoms with Crippen LogP contribution in [0.4, 0.5) is 0 Å². The molecule has 6 nitrogen and oxygen atoms in total. The summed E-state index contributed by atoms with van der Waals surface area (Å²) in [6.07, 6.45) is 1.89. The van der Waals surface area contributed by atoms with Gasteiger partial charge >= 0.3 is 0 Å². The highest BCUT2D eigenvalue weighted by molar-refractivity contribution is 7.09. The zero-order valence-corrected chi connectivity index (χ0v) is 11.5. The molecule has 98 valence electrons. The maximum atomic E-state index is 5.49. The molecule has 0 aromatic carbocycles. The first-order chi connectivity index (χ1) is 8.69. The number of thiazole rings is 1. The monoisotopic (exact) mass is 266 g/mol. The standard InChI is InChI=1S/C11H18N6S/c1-9-11(18-8-13-9)7-16(2)3-4-17-6-10(5-12)14-15-17/h6,8H,3-5,7,12H2,1-2H3. The fraction of sp³-hybridized carbons (Fsp3) is 0.545. The molecule has 0 amide bonds. The molecular formula is C11H18N6S. The van der Waals surface area contributed by atoms with Crippen LogP contribution >= 0.6 is 11.3 Å². The van der Waals surface area contributed by atoms with Crippen molar-refractivity contribution in [3.63, 3.8) is 0 Å². The van der Waals surface area contributed by atoms with E-state index in [9.17, 15) is 0 Å². The maximum absolute atomic E-state index is 5.49. The summed E-state index contributed by atoms with van der Waals surface area (Å²) in [6, 6.07) is 0. The molecular weight excluding hydrogens is 248 g/mol. The van der Waals surface area contributed by atoms with Gasteiger partial charge in [0.15, 0.2) is 0 Å². The van der Waals surface area contributed by atoms with Gasteiger partial charge < -0.3 is 5.73 Å². The SMILES string of the molecule is Cc1ncsc1CN(C)CCn1cc(CN)nn1. The molecule has 0 spiro atoms. The van der Waals surface area contributed by atoms with Gasteiger partial charge in [0, 0.05) is 30.7 Å². The molecule has 0 saturated carbocycles. The quantitative estimate of drug-likeness (QED) is 0.830. The highest BCUT2D eigenvalue weighted by atomic mass is 32.1. The minimum absolute atomic E-state index is 0.440. The first-order valence-electron chi connectivity index (χ1n) is 5.85. The third-order valence-electron chi connectivity index (χ3n) is 2.76. The summed E-state index contributed by atoms with van der Waals surface area (Å²) in [7, 11) is 2.10. The van der Waals surface area contributed by atoms with E-state index in [0.29, 0.717) is 6.54 Å². The highest BCUT2D eigenvalue weighted by Crippen LogP contribution is 2.13. The molecule has 7 heteroatoms. The Morgan fingerprint density at radius 1 is 1.50 bits per heavy atom. The zero-order chi connectivity index (χ0) is 13.0. The Morgan fingerprint density at radius 2 is 2.33 bits per heavy atom. The predicted octanol–water partition coefficient (Wildman–Crippen LogP) is 0.634. The van der Waals surface area contributed by atoms with Crippen LogP contribution in [0.2, 0.25) is 0 Å². The number of nitrogens with two attached hydrogens (primary N) is 1. The Bertz CT molecular complexity index is 491. The summed E-state index contributed by atoms with van der Waals surface area (Å²) in [5.74, 6) is 0. The van der Waals surface area contributed by atoms with Crippen molar-refractivity contribution >= 4 is 11.3 Å². The van der Waals surface area contributed by atoms with Gasteiger partial charge in [0.2, 0.25) is 0 Å². The number of aryl methyl sites for hydroxylation is 1. The van der Waals surface area contributed by atoms with Gasteiger partial charge in [-0.05, 0) is 14.0 Å². The Labute approximate surface area is 110 Å². The second-order valence-electron chi connectivity index (χ2n) is 4.28. The summed E-state index contributed by atoms with van der Waals surface area (Å²) in [5.41, 5.74) is 9.34. The normalized spacial score (nSPS) is 11.3. The lowest BCUT2D eigenvalue weighted by atomic mass is 10.3. The van der Waals surface area contributed by atoms with E-state index < -0.39 is 0 Å². The van der Waals surface area contributed by atoms with Crippen LogP contribution in [-0.4, -0.2) is 38.5 Å². The molecule has 0 aliphatic carbocycles. The number of rotatable bonds is 6. The average molecular weight is 266 g/mol. The van der Waals surface area contributed by atoms with Crippen molar-refractivity contribution in [3.8, 4) is 0 Å². The number of likely N-dealkylation sites (N-methyl/N-ethyl adjacent to an activating group) is 1. The molecule has 0 unspecified atom stereocenters. The van der Waals surface area contributed by atoms with Crippen molar-refractivity contribution in [1.29, 1.82) is 0 Å². The van der Waals surface area contributed by atoms with Crippen molar-refractivity contribution in [1.82, 2.24) is 24.9 Å². The Hall–Kier alpha value is -1.31. The molecule has 0 fully saturated rings. The molecule has 2 N–H and O–H groups in total. The van der Waals surface area contributed by atoms with Crippen molar-refractivity contribution < 1.29 is 0 Å². The van der Waals surface area contributed by atoms with E-state index in [2.05, 4.69) is 27.2 Å². The van der Waals surface area contributed by atoms with Crippen LogP contribution < -0.4 is 5.73 Å². The Morgan fingerprint density at radius 3 is 2.94 bits per heavy atom. The van der Waals surface area contributed by atoms with Gasteiger partial charge in [-0.3, -0.25) is 9.58 Å². The first kappa shape index (κ1) is 13.1. The van der Waals surface area contributed by atoms with E-state index in [1.807, 2.05) is 23.3 Å². The van der Waals surface area contributed by atoms with Crippen molar-refractivity contribution in [2.45, 2.75) is 26.6 Å². The van der Waals surface area contributed by atoms with E-state index >= 15 is 0 Å².